The van der Waals surface area contributed by atoms with Gasteiger partial charge in [-0.25, -0.2) is 0 Å². The third-order valence-corrected chi connectivity index (χ3v) is 3.49. The Morgan fingerprint density at radius 2 is 2.16 bits per heavy atom. The van der Waals surface area contributed by atoms with Crippen LogP contribution < -0.4 is 5.32 Å². The molecular weight excluding hydrogens is 232 g/mol. The van der Waals surface area contributed by atoms with Gasteiger partial charge in [0.05, 0.1) is 6.54 Å². The van der Waals surface area contributed by atoms with E-state index in [9.17, 15) is 0 Å². The molecule has 0 bridgehead atoms. The summed E-state index contributed by atoms with van der Waals surface area (Å²) >= 11 is 0. The molecule has 1 saturated heterocycles. The van der Waals surface area contributed by atoms with E-state index in [0.29, 0.717) is 6.04 Å². The average Bonchev–Trinajstić information content (AvgIpc) is 2.93. The van der Waals surface area contributed by atoms with E-state index in [0.717, 1.165) is 25.2 Å². The lowest BCUT2D eigenvalue weighted by atomic mass is 10.2. The van der Waals surface area contributed by atoms with Gasteiger partial charge in [-0.15, -0.1) is 0 Å². The molecule has 0 saturated carbocycles. The Hall–Kier alpha value is -1.30. The van der Waals surface area contributed by atoms with Crippen molar-refractivity contribution in [1.82, 2.24) is 10.2 Å². The first-order valence-corrected chi connectivity index (χ1v) is 7.38. The van der Waals surface area contributed by atoms with Crippen LogP contribution in [-0.2, 0) is 0 Å². The second kappa shape index (κ2) is 7.99. The van der Waals surface area contributed by atoms with Gasteiger partial charge in [0.1, 0.15) is 0 Å². The molecule has 2 heteroatoms. The number of hydrogen-bond donors (Lipinski definition) is 1. The SMILES string of the molecule is CCCN(CC#Cc1ccccc1)CC1CCCN1. The summed E-state index contributed by atoms with van der Waals surface area (Å²) in [4.78, 5) is 2.47. The highest BCUT2D eigenvalue weighted by Crippen LogP contribution is 2.07. The normalized spacial score (nSPS) is 18.3. The van der Waals surface area contributed by atoms with Crippen molar-refractivity contribution in [2.45, 2.75) is 32.2 Å². The van der Waals surface area contributed by atoms with Crippen molar-refractivity contribution in [3.8, 4) is 11.8 Å². The summed E-state index contributed by atoms with van der Waals surface area (Å²) in [5.41, 5.74) is 1.11. The van der Waals surface area contributed by atoms with Gasteiger partial charge in [0.2, 0.25) is 0 Å². The molecule has 0 spiro atoms. The van der Waals surface area contributed by atoms with E-state index in [4.69, 9.17) is 0 Å². The molecule has 0 amide bonds. The van der Waals surface area contributed by atoms with E-state index in [2.05, 4.69) is 41.1 Å². The molecule has 1 heterocycles. The van der Waals surface area contributed by atoms with Gasteiger partial charge in [0, 0.05) is 18.2 Å². The fraction of sp³-hybridized carbons (Fsp3) is 0.529. The first kappa shape index (κ1) is 14.1. The van der Waals surface area contributed by atoms with Crippen molar-refractivity contribution in [3.63, 3.8) is 0 Å². The molecule has 102 valence electrons. The Bertz CT molecular complexity index is 410. The molecule has 19 heavy (non-hydrogen) atoms. The minimum atomic E-state index is 0.671. The molecule has 1 aliphatic rings. The number of nitrogens with zero attached hydrogens (tertiary/aromatic N) is 1. The van der Waals surface area contributed by atoms with E-state index in [1.165, 1.54) is 25.8 Å². The van der Waals surface area contributed by atoms with Crippen molar-refractivity contribution in [2.24, 2.45) is 0 Å². The van der Waals surface area contributed by atoms with Crippen LogP contribution in [0.2, 0.25) is 0 Å². The summed E-state index contributed by atoms with van der Waals surface area (Å²) in [5, 5.41) is 3.56. The summed E-state index contributed by atoms with van der Waals surface area (Å²) in [7, 11) is 0. The zero-order chi connectivity index (χ0) is 13.3. The van der Waals surface area contributed by atoms with Crippen LogP contribution in [0, 0.1) is 11.8 Å². The molecule has 0 aromatic heterocycles. The second-order valence-electron chi connectivity index (χ2n) is 5.20. The van der Waals surface area contributed by atoms with E-state index in [-0.39, 0.29) is 0 Å². The van der Waals surface area contributed by atoms with Gasteiger partial charge in [0.15, 0.2) is 0 Å². The van der Waals surface area contributed by atoms with Crippen molar-refractivity contribution in [1.29, 1.82) is 0 Å². The summed E-state index contributed by atoms with van der Waals surface area (Å²) in [5.74, 6) is 6.56. The van der Waals surface area contributed by atoms with Gasteiger partial charge in [-0.3, -0.25) is 4.90 Å². The van der Waals surface area contributed by atoms with Crippen LogP contribution in [0.25, 0.3) is 0 Å². The summed E-state index contributed by atoms with van der Waals surface area (Å²) in [6.45, 7) is 6.57. The Kier molecular flexibility index (Phi) is 5.94. The van der Waals surface area contributed by atoms with Crippen molar-refractivity contribution >= 4 is 0 Å². The predicted octanol–water partition coefficient (Wildman–Crippen LogP) is 2.50. The molecule has 2 rings (SSSR count). The maximum atomic E-state index is 3.56. The first-order chi connectivity index (χ1) is 9.38. The van der Waals surface area contributed by atoms with E-state index in [1.54, 1.807) is 0 Å². The van der Waals surface area contributed by atoms with Gasteiger partial charge in [-0.1, -0.05) is 37.0 Å². The number of nitrogens with one attached hydrogen (secondary N) is 1. The largest absolute Gasteiger partial charge is 0.313 e. The van der Waals surface area contributed by atoms with Crippen LogP contribution >= 0.6 is 0 Å². The lowest BCUT2D eigenvalue weighted by Crippen LogP contribution is -2.38. The molecular formula is C17H24N2. The van der Waals surface area contributed by atoms with Crippen LogP contribution in [0.3, 0.4) is 0 Å². The standard InChI is InChI=1S/C17H24N2/c1-2-13-19(15-17-11-6-12-18-17)14-7-10-16-8-4-3-5-9-16/h3-5,8-9,17-18H,2,6,11-15H2,1H3. The maximum absolute atomic E-state index is 3.56. The van der Waals surface area contributed by atoms with Crippen molar-refractivity contribution in [3.05, 3.63) is 35.9 Å². The number of benzene rings is 1. The zero-order valence-electron chi connectivity index (χ0n) is 11.9. The lowest BCUT2D eigenvalue weighted by molar-refractivity contribution is 0.278. The fourth-order valence-corrected chi connectivity index (χ4v) is 2.55. The van der Waals surface area contributed by atoms with Crippen LogP contribution in [0.15, 0.2) is 30.3 Å². The summed E-state index contributed by atoms with van der Waals surface area (Å²) in [6.07, 6.45) is 3.83. The highest BCUT2D eigenvalue weighted by molar-refractivity contribution is 5.33. The minimum Gasteiger partial charge on any atom is -0.313 e. The molecule has 0 aliphatic carbocycles. The van der Waals surface area contributed by atoms with Crippen molar-refractivity contribution in [2.75, 3.05) is 26.2 Å². The number of rotatable bonds is 5. The van der Waals surface area contributed by atoms with E-state index in [1.807, 2.05) is 18.2 Å². The highest BCUT2D eigenvalue weighted by Gasteiger charge is 2.16. The highest BCUT2D eigenvalue weighted by atomic mass is 15.1. The van der Waals surface area contributed by atoms with Crippen molar-refractivity contribution < 1.29 is 0 Å². The maximum Gasteiger partial charge on any atom is 0.0605 e. The Morgan fingerprint density at radius 3 is 2.84 bits per heavy atom. The molecule has 1 aromatic carbocycles. The molecule has 1 fully saturated rings. The second-order valence-corrected chi connectivity index (χ2v) is 5.20. The van der Waals surface area contributed by atoms with Crippen LogP contribution in [0.5, 0.6) is 0 Å². The Morgan fingerprint density at radius 1 is 1.32 bits per heavy atom. The van der Waals surface area contributed by atoms with E-state index >= 15 is 0 Å². The van der Waals surface area contributed by atoms with Gasteiger partial charge >= 0.3 is 0 Å². The molecule has 1 unspecified atom stereocenters. The monoisotopic (exact) mass is 256 g/mol. The Balaban J connectivity index is 1.84. The molecule has 0 radical (unpaired) electrons. The minimum absolute atomic E-state index is 0.671. The Labute approximate surface area is 117 Å². The molecule has 2 nitrogen and oxygen atoms in total. The van der Waals surface area contributed by atoms with Crippen LogP contribution in [0.1, 0.15) is 31.7 Å². The van der Waals surface area contributed by atoms with Gasteiger partial charge in [-0.2, -0.15) is 0 Å². The third kappa shape index (κ3) is 5.06. The zero-order valence-corrected chi connectivity index (χ0v) is 11.9. The van der Waals surface area contributed by atoms with Crippen LogP contribution in [0.4, 0.5) is 0 Å². The quantitative estimate of drug-likeness (QED) is 0.814. The van der Waals surface area contributed by atoms with Gasteiger partial charge < -0.3 is 5.32 Å². The molecule has 1 aliphatic heterocycles. The molecule has 1 N–H and O–H groups in total. The smallest absolute Gasteiger partial charge is 0.0605 e. The topological polar surface area (TPSA) is 15.3 Å². The van der Waals surface area contributed by atoms with Gasteiger partial charge in [-0.05, 0) is 44.5 Å². The third-order valence-electron chi connectivity index (χ3n) is 3.49. The molecule has 1 atom stereocenters. The average molecular weight is 256 g/mol. The predicted molar refractivity (Wildman–Crippen MR) is 81.1 cm³/mol. The van der Waals surface area contributed by atoms with E-state index < -0.39 is 0 Å². The summed E-state index contributed by atoms with van der Waals surface area (Å²) < 4.78 is 0. The summed E-state index contributed by atoms with van der Waals surface area (Å²) in [6, 6.07) is 10.9. The van der Waals surface area contributed by atoms with Gasteiger partial charge in [0.25, 0.3) is 0 Å². The molecule has 1 aromatic rings. The lowest BCUT2D eigenvalue weighted by Gasteiger charge is -2.22. The fourth-order valence-electron chi connectivity index (χ4n) is 2.55. The first-order valence-electron chi connectivity index (χ1n) is 7.38. The number of hydrogen-bond acceptors (Lipinski definition) is 2. The van der Waals surface area contributed by atoms with Crippen LogP contribution in [-0.4, -0.2) is 37.1 Å².